The molecular formula is C15H18F4N2O2. The molecule has 0 bridgehead atoms. The number of likely N-dealkylation sites (tertiary alicyclic amines) is 1. The number of amides is 2. The Kier molecular flexibility index (Phi) is 5.46. The van der Waals surface area contributed by atoms with Crippen molar-refractivity contribution in [3.05, 3.63) is 29.6 Å². The summed E-state index contributed by atoms with van der Waals surface area (Å²) in [7, 11) is 0. The number of hydrogen-bond acceptors (Lipinski definition) is 2. The van der Waals surface area contributed by atoms with E-state index in [4.69, 9.17) is 4.74 Å². The summed E-state index contributed by atoms with van der Waals surface area (Å²) in [6.07, 6.45) is -4.00. The van der Waals surface area contributed by atoms with Crippen LogP contribution >= 0.6 is 0 Å². The Balaban J connectivity index is 2.04. The number of ether oxygens (including phenoxy) is 1. The largest absolute Gasteiger partial charge is 0.418 e. The van der Waals surface area contributed by atoms with Crippen LogP contribution in [0.5, 0.6) is 0 Å². The molecule has 128 valence electrons. The highest BCUT2D eigenvalue weighted by Gasteiger charge is 2.35. The van der Waals surface area contributed by atoms with E-state index in [0.29, 0.717) is 32.4 Å². The number of urea groups is 1. The summed E-state index contributed by atoms with van der Waals surface area (Å²) in [5.41, 5.74) is -1.65. The maximum Gasteiger partial charge on any atom is 0.418 e. The minimum Gasteiger partial charge on any atom is -0.381 e. The molecule has 0 aliphatic carbocycles. The van der Waals surface area contributed by atoms with Crippen LogP contribution in [0.4, 0.5) is 28.0 Å². The Morgan fingerprint density at radius 1 is 1.43 bits per heavy atom. The molecule has 0 saturated carbocycles. The Bertz CT molecular complexity index is 563. The fraction of sp³-hybridized carbons (Fsp3) is 0.533. The standard InChI is InChI=1S/C15H18F4N2O2/c1-2-23-9-10-5-6-21(8-10)14(22)20-13-4-3-11(16)7-12(13)15(17,18)19/h3-4,7,10H,2,5-6,8-9H2,1H3,(H,20,22). The van der Waals surface area contributed by atoms with Crippen molar-refractivity contribution in [1.29, 1.82) is 0 Å². The van der Waals surface area contributed by atoms with E-state index in [9.17, 15) is 22.4 Å². The van der Waals surface area contributed by atoms with E-state index < -0.39 is 29.3 Å². The highest BCUT2D eigenvalue weighted by molar-refractivity contribution is 5.90. The normalized spacial score (nSPS) is 18.3. The van der Waals surface area contributed by atoms with Crippen molar-refractivity contribution in [3.8, 4) is 0 Å². The first-order chi connectivity index (χ1) is 10.8. The molecule has 0 spiro atoms. The first-order valence-corrected chi connectivity index (χ1v) is 7.31. The molecule has 1 atom stereocenters. The molecule has 23 heavy (non-hydrogen) atoms. The smallest absolute Gasteiger partial charge is 0.381 e. The summed E-state index contributed by atoms with van der Waals surface area (Å²) in [4.78, 5) is 13.5. The van der Waals surface area contributed by atoms with E-state index in [1.807, 2.05) is 6.92 Å². The van der Waals surface area contributed by atoms with Crippen molar-refractivity contribution < 1.29 is 27.1 Å². The second-order valence-electron chi connectivity index (χ2n) is 5.38. The van der Waals surface area contributed by atoms with Crippen LogP contribution in [0.3, 0.4) is 0 Å². The predicted octanol–water partition coefficient (Wildman–Crippen LogP) is 3.73. The zero-order valence-electron chi connectivity index (χ0n) is 12.6. The van der Waals surface area contributed by atoms with Crippen LogP contribution in [0.1, 0.15) is 18.9 Å². The monoisotopic (exact) mass is 334 g/mol. The zero-order chi connectivity index (χ0) is 17.0. The van der Waals surface area contributed by atoms with Gasteiger partial charge in [-0.05, 0) is 31.5 Å². The Labute approximate surface area is 131 Å². The van der Waals surface area contributed by atoms with Gasteiger partial charge in [0, 0.05) is 25.6 Å². The van der Waals surface area contributed by atoms with E-state index in [1.165, 1.54) is 4.90 Å². The van der Waals surface area contributed by atoms with Crippen molar-refractivity contribution in [2.75, 3.05) is 31.6 Å². The second kappa shape index (κ2) is 7.16. The van der Waals surface area contributed by atoms with Gasteiger partial charge in [-0.25, -0.2) is 9.18 Å². The lowest BCUT2D eigenvalue weighted by atomic mass is 10.1. The maximum atomic E-state index is 13.0. The summed E-state index contributed by atoms with van der Waals surface area (Å²) in [5.74, 6) is -0.829. The van der Waals surface area contributed by atoms with Crippen molar-refractivity contribution in [3.63, 3.8) is 0 Å². The van der Waals surface area contributed by atoms with E-state index in [1.54, 1.807) is 0 Å². The molecular weight excluding hydrogens is 316 g/mol. The molecule has 1 saturated heterocycles. The van der Waals surface area contributed by atoms with Crippen LogP contribution in [-0.4, -0.2) is 37.2 Å². The molecule has 1 heterocycles. The first-order valence-electron chi connectivity index (χ1n) is 7.31. The highest BCUT2D eigenvalue weighted by Crippen LogP contribution is 2.35. The number of rotatable bonds is 4. The van der Waals surface area contributed by atoms with E-state index in [0.717, 1.165) is 18.6 Å². The lowest BCUT2D eigenvalue weighted by Crippen LogP contribution is -2.34. The summed E-state index contributed by atoms with van der Waals surface area (Å²) in [5, 5.41) is 2.22. The van der Waals surface area contributed by atoms with E-state index >= 15 is 0 Å². The Hall–Kier alpha value is -1.83. The van der Waals surface area contributed by atoms with Crippen LogP contribution in [0.25, 0.3) is 0 Å². The third-order valence-corrected chi connectivity index (χ3v) is 3.66. The third kappa shape index (κ3) is 4.57. The van der Waals surface area contributed by atoms with Crippen LogP contribution in [0, 0.1) is 11.7 Å². The molecule has 0 aromatic heterocycles. The van der Waals surface area contributed by atoms with Gasteiger partial charge in [0.25, 0.3) is 0 Å². The molecule has 1 aliphatic heterocycles. The van der Waals surface area contributed by atoms with Gasteiger partial charge in [-0.1, -0.05) is 0 Å². The quantitative estimate of drug-likeness (QED) is 0.853. The SMILES string of the molecule is CCOCC1CCN(C(=O)Nc2ccc(F)cc2C(F)(F)F)C1. The molecule has 1 unspecified atom stereocenters. The summed E-state index contributed by atoms with van der Waals surface area (Å²) in [6.45, 7) is 3.84. The van der Waals surface area contributed by atoms with Crippen molar-refractivity contribution >= 4 is 11.7 Å². The minimum absolute atomic E-state index is 0.177. The number of carbonyl (C=O) groups is 1. The number of nitrogens with zero attached hydrogens (tertiary/aromatic N) is 1. The van der Waals surface area contributed by atoms with Gasteiger partial charge in [-0.15, -0.1) is 0 Å². The topological polar surface area (TPSA) is 41.6 Å². The molecule has 2 rings (SSSR count). The van der Waals surface area contributed by atoms with Gasteiger partial charge in [0.2, 0.25) is 0 Å². The fourth-order valence-corrected chi connectivity index (χ4v) is 2.49. The lowest BCUT2D eigenvalue weighted by Gasteiger charge is -2.19. The number of benzene rings is 1. The molecule has 1 fully saturated rings. The fourth-order valence-electron chi connectivity index (χ4n) is 2.49. The molecule has 8 heteroatoms. The number of hydrogen-bond donors (Lipinski definition) is 1. The van der Waals surface area contributed by atoms with Crippen LogP contribution < -0.4 is 5.32 Å². The van der Waals surface area contributed by atoms with Gasteiger partial charge in [-0.2, -0.15) is 13.2 Å². The molecule has 1 N–H and O–H groups in total. The van der Waals surface area contributed by atoms with Crippen molar-refractivity contribution in [1.82, 2.24) is 4.90 Å². The Morgan fingerprint density at radius 2 is 2.17 bits per heavy atom. The maximum absolute atomic E-state index is 13.0. The second-order valence-corrected chi connectivity index (χ2v) is 5.38. The van der Waals surface area contributed by atoms with Crippen molar-refractivity contribution in [2.24, 2.45) is 5.92 Å². The first kappa shape index (κ1) is 17.5. The van der Waals surface area contributed by atoms with Gasteiger partial charge >= 0.3 is 12.2 Å². The molecule has 0 radical (unpaired) electrons. The number of anilines is 1. The number of halogens is 4. The average molecular weight is 334 g/mol. The predicted molar refractivity (Wildman–Crippen MR) is 76.6 cm³/mol. The molecule has 1 aromatic rings. The van der Waals surface area contributed by atoms with Crippen LogP contribution in [0.2, 0.25) is 0 Å². The van der Waals surface area contributed by atoms with Gasteiger partial charge in [0.05, 0.1) is 17.9 Å². The van der Waals surface area contributed by atoms with Gasteiger partial charge in [-0.3, -0.25) is 0 Å². The van der Waals surface area contributed by atoms with Gasteiger partial charge < -0.3 is 15.0 Å². The van der Waals surface area contributed by atoms with E-state index in [2.05, 4.69) is 5.32 Å². The van der Waals surface area contributed by atoms with E-state index in [-0.39, 0.29) is 5.92 Å². The third-order valence-electron chi connectivity index (χ3n) is 3.66. The molecule has 2 amide bonds. The van der Waals surface area contributed by atoms with Crippen LogP contribution in [-0.2, 0) is 10.9 Å². The molecule has 1 aliphatic rings. The molecule has 1 aromatic carbocycles. The Morgan fingerprint density at radius 3 is 2.83 bits per heavy atom. The summed E-state index contributed by atoms with van der Waals surface area (Å²) >= 11 is 0. The van der Waals surface area contributed by atoms with Crippen LogP contribution in [0.15, 0.2) is 18.2 Å². The van der Waals surface area contributed by atoms with Gasteiger partial charge in [0.1, 0.15) is 5.82 Å². The van der Waals surface area contributed by atoms with Gasteiger partial charge in [0.15, 0.2) is 0 Å². The summed E-state index contributed by atoms with van der Waals surface area (Å²) < 4.78 is 57.1. The minimum atomic E-state index is -4.74. The molecule has 4 nitrogen and oxygen atoms in total. The van der Waals surface area contributed by atoms with Crippen molar-refractivity contribution in [2.45, 2.75) is 19.5 Å². The number of nitrogens with one attached hydrogen (secondary N) is 1. The summed E-state index contributed by atoms with van der Waals surface area (Å²) in [6, 6.07) is 1.55. The zero-order valence-corrected chi connectivity index (χ0v) is 12.6. The highest BCUT2D eigenvalue weighted by atomic mass is 19.4. The average Bonchev–Trinajstić information content (AvgIpc) is 2.95. The lowest BCUT2D eigenvalue weighted by molar-refractivity contribution is -0.137. The number of alkyl halides is 3. The number of carbonyl (C=O) groups excluding carboxylic acids is 1.